The third-order valence-corrected chi connectivity index (χ3v) is 3.51. The number of aromatic nitrogens is 1. The maximum atomic E-state index is 11.3. The van der Waals surface area contributed by atoms with Crippen molar-refractivity contribution in [2.75, 3.05) is 6.61 Å². The van der Waals surface area contributed by atoms with E-state index in [9.17, 15) is 9.90 Å². The van der Waals surface area contributed by atoms with Crippen LogP contribution >= 0.6 is 0 Å². The average Bonchev–Trinajstić information content (AvgIpc) is 2.71. The topological polar surface area (TPSA) is 51.5 Å². The molecule has 2 rings (SSSR count). The summed E-state index contributed by atoms with van der Waals surface area (Å²) < 4.78 is 7.51. The Morgan fingerprint density at radius 3 is 2.48 bits per heavy atom. The molecule has 2 aromatic rings. The van der Waals surface area contributed by atoms with Crippen LogP contribution in [0.4, 0.5) is 0 Å². The Hall–Kier alpha value is -2.23. The summed E-state index contributed by atoms with van der Waals surface area (Å²) in [5, 5.41) is 9.27. The van der Waals surface area contributed by atoms with Crippen molar-refractivity contribution in [1.29, 1.82) is 0 Å². The summed E-state index contributed by atoms with van der Waals surface area (Å²) in [4.78, 5) is 11.3. The first-order chi connectivity index (χ1) is 9.99. The lowest BCUT2D eigenvalue weighted by Gasteiger charge is -2.11. The molecule has 0 radical (unpaired) electrons. The minimum atomic E-state index is -0.875. The molecule has 0 aliphatic rings. The maximum absolute atomic E-state index is 11.3. The lowest BCUT2D eigenvalue weighted by atomic mass is 10.2. The van der Waals surface area contributed by atoms with Crippen LogP contribution in [-0.4, -0.2) is 22.2 Å². The molecule has 0 atom stereocenters. The number of aromatic carboxylic acids is 1. The molecular formula is C17H21NO3. The Morgan fingerprint density at radius 1 is 1.19 bits per heavy atom. The molecule has 0 aliphatic carbocycles. The predicted molar refractivity (Wildman–Crippen MR) is 82.2 cm³/mol. The first-order valence-corrected chi connectivity index (χ1v) is 7.08. The van der Waals surface area contributed by atoms with Gasteiger partial charge in [-0.2, -0.15) is 0 Å². The molecule has 112 valence electrons. The number of ether oxygens (including phenoxy) is 1. The van der Waals surface area contributed by atoms with Gasteiger partial charge in [0.1, 0.15) is 11.4 Å². The molecule has 4 heteroatoms. The quantitative estimate of drug-likeness (QED) is 0.826. The first-order valence-electron chi connectivity index (χ1n) is 7.08. The van der Waals surface area contributed by atoms with Crippen molar-refractivity contribution in [3.05, 3.63) is 52.8 Å². The van der Waals surface area contributed by atoms with Gasteiger partial charge in [0.25, 0.3) is 0 Å². The summed E-state index contributed by atoms with van der Waals surface area (Å²) in [5.74, 6) is -0.0282. The average molecular weight is 287 g/mol. The molecule has 1 heterocycles. The van der Waals surface area contributed by atoms with Crippen LogP contribution in [0.1, 0.15) is 33.7 Å². The number of nitrogens with zero attached hydrogens (tertiary/aromatic N) is 1. The third kappa shape index (κ3) is 3.66. The van der Waals surface area contributed by atoms with E-state index in [0.717, 1.165) is 23.4 Å². The van der Waals surface area contributed by atoms with Gasteiger partial charge >= 0.3 is 5.97 Å². The van der Waals surface area contributed by atoms with Crippen molar-refractivity contribution >= 4 is 5.97 Å². The second-order valence-electron chi connectivity index (χ2n) is 5.29. The summed E-state index contributed by atoms with van der Waals surface area (Å²) >= 11 is 0. The highest BCUT2D eigenvalue weighted by Gasteiger charge is 2.15. The number of aryl methyl sites for hydroxylation is 3. The van der Waals surface area contributed by atoms with Crippen molar-refractivity contribution in [3.63, 3.8) is 0 Å². The molecule has 0 bridgehead atoms. The molecule has 1 N–H and O–H groups in total. The maximum Gasteiger partial charge on any atom is 0.352 e. The molecule has 1 aromatic carbocycles. The van der Waals surface area contributed by atoms with Crippen LogP contribution in [0, 0.1) is 20.8 Å². The SMILES string of the molecule is Cc1ccc(OCCCn2c(C)cc(C)c2C(=O)O)cc1. The van der Waals surface area contributed by atoms with E-state index in [1.165, 1.54) is 5.56 Å². The number of carbonyl (C=O) groups is 1. The van der Waals surface area contributed by atoms with Gasteiger partial charge in [0.15, 0.2) is 0 Å². The number of hydrogen-bond acceptors (Lipinski definition) is 2. The minimum Gasteiger partial charge on any atom is -0.494 e. The number of benzene rings is 1. The van der Waals surface area contributed by atoms with Gasteiger partial charge in [-0.3, -0.25) is 0 Å². The van der Waals surface area contributed by atoms with Gasteiger partial charge in [0, 0.05) is 12.2 Å². The Balaban J connectivity index is 1.92. The fraction of sp³-hybridized carbons (Fsp3) is 0.353. The number of carboxylic acids is 1. The summed E-state index contributed by atoms with van der Waals surface area (Å²) in [5.41, 5.74) is 3.36. The zero-order valence-electron chi connectivity index (χ0n) is 12.7. The molecule has 0 spiro atoms. The second kappa shape index (κ2) is 6.48. The van der Waals surface area contributed by atoms with Gasteiger partial charge in [-0.1, -0.05) is 17.7 Å². The van der Waals surface area contributed by atoms with E-state index >= 15 is 0 Å². The van der Waals surface area contributed by atoms with E-state index in [4.69, 9.17) is 4.74 Å². The van der Waals surface area contributed by atoms with Crippen molar-refractivity contribution in [1.82, 2.24) is 4.57 Å². The van der Waals surface area contributed by atoms with E-state index in [0.29, 0.717) is 18.8 Å². The molecule has 0 saturated carbocycles. The summed E-state index contributed by atoms with van der Waals surface area (Å²) in [6, 6.07) is 9.82. The summed E-state index contributed by atoms with van der Waals surface area (Å²) in [6.45, 7) is 7.01. The fourth-order valence-corrected chi connectivity index (χ4v) is 2.47. The third-order valence-electron chi connectivity index (χ3n) is 3.51. The number of rotatable bonds is 6. The Labute approximate surface area is 125 Å². The normalized spacial score (nSPS) is 10.6. The zero-order valence-corrected chi connectivity index (χ0v) is 12.7. The number of carboxylic acid groups (broad SMARTS) is 1. The molecule has 0 saturated heterocycles. The van der Waals surface area contributed by atoms with Crippen LogP contribution in [0.2, 0.25) is 0 Å². The zero-order chi connectivity index (χ0) is 15.4. The molecule has 4 nitrogen and oxygen atoms in total. The van der Waals surface area contributed by atoms with Crippen LogP contribution in [-0.2, 0) is 6.54 Å². The van der Waals surface area contributed by atoms with Crippen LogP contribution in [0.15, 0.2) is 30.3 Å². The van der Waals surface area contributed by atoms with Crippen LogP contribution in [0.25, 0.3) is 0 Å². The smallest absolute Gasteiger partial charge is 0.352 e. The van der Waals surface area contributed by atoms with Crippen LogP contribution < -0.4 is 4.74 Å². The Kier molecular flexibility index (Phi) is 4.68. The van der Waals surface area contributed by atoms with Crippen LogP contribution in [0.5, 0.6) is 5.75 Å². The van der Waals surface area contributed by atoms with E-state index in [1.54, 1.807) is 0 Å². The van der Waals surface area contributed by atoms with Gasteiger partial charge in [-0.05, 0) is 51.0 Å². The van der Waals surface area contributed by atoms with E-state index in [1.807, 2.05) is 55.7 Å². The summed E-state index contributed by atoms with van der Waals surface area (Å²) in [6.07, 6.45) is 0.767. The highest BCUT2D eigenvalue weighted by molar-refractivity contribution is 5.87. The minimum absolute atomic E-state index is 0.378. The molecule has 0 amide bonds. The summed E-state index contributed by atoms with van der Waals surface area (Å²) in [7, 11) is 0. The van der Waals surface area contributed by atoms with E-state index in [-0.39, 0.29) is 0 Å². The second-order valence-corrected chi connectivity index (χ2v) is 5.29. The fourth-order valence-electron chi connectivity index (χ4n) is 2.47. The highest BCUT2D eigenvalue weighted by Crippen LogP contribution is 2.16. The molecule has 0 fully saturated rings. The van der Waals surface area contributed by atoms with E-state index in [2.05, 4.69) is 0 Å². The molecule has 1 aromatic heterocycles. The molecule has 0 aliphatic heterocycles. The van der Waals surface area contributed by atoms with Gasteiger partial charge in [0.2, 0.25) is 0 Å². The van der Waals surface area contributed by atoms with Crippen molar-refractivity contribution < 1.29 is 14.6 Å². The highest BCUT2D eigenvalue weighted by atomic mass is 16.5. The number of hydrogen-bond donors (Lipinski definition) is 1. The van der Waals surface area contributed by atoms with Crippen LogP contribution in [0.3, 0.4) is 0 Å². The van der Waals surface area contributed by atoms with E-state index < -0.39 is 5.97 Å². The van der Waals surface area contributed by atoms with Gasteiger partial charge < -0.3 is 14.4 Å². The lowest BCUT2D eigenvalue weighted by Crippen LogP contribution is -2.13. The molecular weight excluding hydrogens is 266 g/mol. The standard InChI is InChI=1S/C17H21NO3/c1-12-5-7-15(8-6-12)21-10-4-9-18-14(3)11-13(2)16(18)17(19)20/h5-8,11H,4,9-10H2,1-3H3,(H,19,20). The lowest BCUT2D eigenvalue weighted by molar-refractivity contribution is 0.0683. The van der Waals surface area contributed by atoms with Gasteiger partial charge in [0.05, 0.1) is 6.61 Å². The van der Waals surface area contributed by atoms with Crippen molar-refractivity contribution in [3.8, 4) is 5.75 Å². The predicted octanol–water partition coefficient (Wildman–Crippen LogP) is 3.58. The molecule has 0 unspecified atom stereocenters. The van der Waals surface area contributed by atoms with Gasteiger partial charge in [-0.15, -0.1) is 0 Å². The Bertz CT molecular complexity index is 626. The molecule has 21 heavy (non-hydrogen) atoms. The van der Waals surface area contributed by atoms with Crippen molar-refractivity contribution in [2.45, 2.75) is 33.7 Å². The van der Waals surface area contributed by atoms with Gasteiger partial charge in [-0.25, -0.2) is 4.79 Å². The first kappa shape index (κ1) is 15.2. The van der Waals surface area contributed by atoms with Crippen molar-refractivity contribution in [2.24, 2.45) is 0 Å². The largest absolute Gasteiger partial charge is 0.494 e. The monoisotopic (exact) mass is 287 g/mol. The Morgan fingerprint density at radius 2 is 1.86 bits per heavy atom.